The Labute approximate surface area is 195 Å². The fourth-order valence-corrected chi connectivity index (χ4v) is 3.94. The second kappa shape index (κ2) is 12.3. The van der Waals surface area contributed by atoms with Crippen molar-refractivity contribution in [2.24, 2.45) is 0 Å². The van der Waals surface area contributed by atoms with E-state index in [1.807, 2.05) is 42.5 Å². The van der Waals surface area contributed by atoms with Gasteiger partial charge in [-0.25, -0.2) is 14.6 Å². The number of carboxylic acids is 1. The summed E-state index contributed by atoms with van der Waals surface area (Å²) in [5, 5.41) is 12.2. The van der Waals surface area contributed by atoms with Crippen molar-refractivity contribution in [3.05, 3.63) is 48.0 Å². The van der Waals surface area contributed by atoms with Crippen molar-refractivity contribution < 1.29 is 19.4 Å². The number of carbonyl (C=O) groups excluding carboxylic acids is 1. The van der Waals surface area contributed by atoms with E-state index in [-0.39, 0.29) is 6.03 Å². The molecule has 0 spiro atoms. The smallest absolute Gasteiger partial charge is 0.333 e. The summed E-state index contributed by atoms with van der Waals surface area (Å²) in [7, 11) is 1.71. The predicted molar refractivity (Wildman–Crippen MR) is 129 cm³/mol. The number of nitrogens with zero attached hydrogens (tertiary/aromatic N) is 3. The van der Waals surface area contributed by atoms with Gasteiger partial charge in [-0.05, 0) is 50.6 Å². The Morgan fingerprint density at radius 2 is 1.88 bits per heavy atom. The first-order valence-corrected chi connectivity index (χ1v) is 11.6. The van der Waals surface area contributed by atoms with Gasteiger partial charge in [-0.1, -0.05) is 36.8 Å². The van der Waals surface area contributed by atoms with Gasteiger partial charge < -0.3 is 20.1 Å². The van der Waals surface area contributed by atoms with Gasteiger partial charge in [0, 0.05) is 38.7 Å². The minimum atomic E-state index is -0.965. The van der Waals surface area contributed by atoms with Crippen molar-refractivity contribution in [2.45, 2.75) is 38.7 Å². The van der Waals surface area contributed by atoms with Gasteiger partial charge in [0.15, 0.2) is 6.10 Å². The molecule has 0 bridgehead atoms. The Balaban J connectivity index is 1.58. The van der Waals surface area contributed by atoms with Crippen LogP contribution in [0.5, 0.6) is 0 Å². The highest BCUT2D eigenvalue weighted by atomic mass is 16.5. The maximum atomic E-state index is 12.6. The SMILES string of the molecule is CCO[C@@H](Cc1ccc(-c2cccc(N(C)C(=O)NCCN3CCCCC3)n2)cc1)C(=O)O. The molecule has 33 heavy (non-hydrogen) atoms. The van der Waals surface area contributed by atoms with E-state index in [9.17, 15) is 14.7 Å². The average Bonchev–Trinajstić information content (AvgIpc) is 2.84. The molecule has 0 aliphatic carbocycles. The Bertz CT molecular complexity index is 913. The molecule has 8 nitrogen and oxygen atoms in total. The molecular weight excluding hydrogens is 420 g/mol. The van der Waals surface area contributed by atoms with Gasteiger partial charge in [-0.3, -0.25) is 4.90 Å². The molecule has 0 radical (unpaired) electrons. The molecule has 3 rings (SSSR count). The minimum Gasteiger partial charge on any atom is -0.479 e. The third-order valence-corrected chi connectivity index (χ3v) is 5.85. The summed E-state index contributed by atoms with van der Waals surface area (Å²) in [5.41, 5.74) is 2.51. The maximum Gasteiger partial charge on any atom is 0.333 e. The van der Waals surface area contributed by atoms with Crippen LogP contribution in [0.25, 0.3) is 11.3 Å². The van der Waals surface area contributed by atoms with Gasteiger partial charge in [0.1, 0.15) is 5.82 Å². The number of anilines is 1. The topological polar surface area (TPSA) is 95.0 Å². The van der Waals surface area contributed by atoms with Gasteiger partial charge in [0.2, 0.25) is 0 Å². The zero-order chi connectivity index (χ0) is 23.6. The number of aliphatic carboxylic acids is 1. The van der Waals surface area contributed by atoms with Crippen LogP contribution in [0.15, 0.2) is 42.5 Å². The van der Waals surface area contributed by atoms with Crippen molar-refractivity contribution in [2.75, 3.05) is 44.7 Å². The number of benzene rings is 1. The molecule has 1 aromatic carbocycles. The van der Waals surface area contributed by atoms with E-state index in [1.54, 1.807) is 14.0 Å². The average molecular weight is 455 g/mol. The fourth-order valence-electron chi connectivity index (χ4n) is 3.94. The highest BCUT2D eigenvalue weighted by Crippen LogP contribution is 2.21. The summed E-state index contributed by atoms with van der Waals surface area (Å²) in [6, 6.07) is 13.0. The zero-order valence-electron chi connectivity index (χ0n) is 19.5. The molecule has 1 saturated heterocycles. The molecule has 2 aromatic rings. The molecular formula is C25H34N4O4. The number of likely N-dealkylation sites (tertiary alicyclic amines) is 1. The monoisotopic (exact) mass is 454 g/mol. The third-order valence-electron chi connectivity index (χ3n) is 5.85. The Hall–Kier alpha value is -2.97. The number of pyridine rings is 1. The van der Waals surface area contributed by atoms with Crippen LogP contribution in [0.3, 0.4) is 0 Å². The van der Waals surface area contributed by atoms with E-state index in [0.717, 1.165) is 36.5 Å². The van der Waals surface area contributed by atoms with E-state index < -0.39 is 12.1 Å². The van der Waals surface area contributed by atoms with Gasteiger partial charge >= 0.3 is 12.0 Å². The van der Waals surface area contributed by atoms with E-state index in [4.69, 9.17) is 4.74 Å². The number of rotatable bonds is 10. The van der Waals surface area contributed by atoms with Gasteiger partial charge in [0.25, 0.3) is 0 Å². The summed E-state index contributed by atoms with van der Waals surface area (Å²) in [6.07, 6.45) is 3.21. The lowest BCUT2D eigenvalue weighted by atomic mass is 10.0. The number of aromatic nitrogens is 1. The van der Waals surface area contributed by atoms with E-state index in [0.29, 0.717) is 25.4 Å². The number of carbonyl (C=O) groups is 2. The lowest BCUT2D eigenvalue weighted by molar-refractivity contribution is -0.149. The molecule has 1 fully saturated rings. The first kappa shape index (κ1) is 24.7. The van der Waals surface area contributed by atoms with Gasteiger partial charge in [-0.15, -0.1) is 0 Å². The van der Waals surface area contributed by atoms with E-state index >= 15 is 0 Å². The molecule has 2 N–H and O–H groups in total. The number of carboxylic acid groups (broad SMARTS) is 1. The molecule has 1 atom stereocenters. The number of amides is 2. The lowest BCUT2D eigenvalue weighted by Gasteiger charge is -2.26. The second-order valence-corrected chi connectivity index (χ2v) is 8.26. The summed E-state index contributed by atoms with van der Waals surface area (Å²) >= 11 is 0. The fraction of sp³-hybridized carbons (Fsp3) is 0.480. The largest absolute Gasteiger partial charge is 0.479 e. The Kier molecular flexibility index (Phi) is 9.21. The first-order valence-electron chi connectivity index (χ1n) is 11.6. The number of urea groups is 1. The van der Waals surface area contributed by atoms with E-state index in [2.05, 4.69) is 15.2 Å². The third kappa shape index (κ3) is 7.27. The van der Waals surface area contributed by atoms with Gasteiger partial charge in [-0.2, -0.15) is 0 Å². The first-order chi connectivity index (χ1) is 16.0. The number of hydrogen-bond acceptors (Lipinski definition) is 5. The van der Waals surface area contributed by atoms with Crippen LogP contribution in [0.1, 0.15) is 31.7 Å². The molecule has 8 heteroatoms. The summed E-state index contributed by atoms with van der Waals surface area (Å²) < 4.78 is 5.29. The molecule has 1 aromatic heterocycles. The van der Waals surface area contributed by atoms with Crippen molar-refractivity contribution in [3.63, 3.8) is 0 Å². The highest BCUT2D eigenvalue weighted by Gasteiger charge is 2.18. The minimum absolute atomic E-state index is 0.178. The quantitative estimate of drug-likeness (QED) is 0.571. The van der Waals surface area contributed by atoms with Gasteiger partial charge in [0.05, 0.1) is 5.69 Å². The maximum absolute atomic E-state index is 12.6. The number of ether oxygens (including phenoxy) is 1. The van der Waals surface area contributed by atoms with Crippen LogP contribution in [0, 0.1) is 0 Å². The highest BCUT2D eigenvalue weighted by molar-refractivity contribution is 5.90. The Morgan fingerprint density at radius 3 is 2.55 bits per heavy atom. The van der Waals surface area contributed by atoms with Crippen LogP contribution in [0.4, 0.5) is 10.6 Å². The Morgan fingerprint density at radius 1 is 1.15 bits per heavy atom. The second-order valence-electron chi connectivity index (χ2n) is 8.26. The number of piperidine rings is 1. The normalized spacial score (nSPS) is 15.1. The molecule has 1 aliphatic heterocycles. The van der Waals surface area contributed by atoms with Crippen molar-refractivity contribution >= 4 is 17.8 Å². The lowest BCUT2D eigenvalue weighted by Crippen LogP contribution is -2.42. The van der Waals surface area contributed by atoms with Crippen molar-refractivity contribution in [3.8, 4) is 11.3 Å². The predicted octanol–water partition coefficient (Wildman–Crippen LogP) is 3.41. The molecule has 0 unspecified atom stereocenters. The summed E-state index contributed by atoms with van der Waals surface area (Å²) in [5.74, 6) is -0.401. The molecule has 178 valence electrons. The molecule has 0 saturated carbocycles. The van der Waals surface area contributed by atoms with Crippen molar-refractivity contribution in [1.82, 2.24) is 15.2 Å². The van der Waals surface area contributed by atoms with Crippen LogP contribution in [-0.4, -0.2) is 72.9 Å². The molecule has 2 amide bonds. The number of nitrogens with one attached hydrogen (secondary N) is 1. The summed E-state index contributed by atoms with van der Waals surface area (Å²) in [6.45, 7) is 5.83. The van der Waals surface area contributed by atoms with Crippen LogP contribution in [-0.2, 0) is 16.0 Å². The van der Waals surface area contributed by atoms with Crippen molar-refractivity contribution in [1.29, 1.82) is 0 Å². The van der Waals surface area contributed by atoms with Crippen LogP contribution < -0.4 is 10.2 Å². The summed E-state index contributed by atoms with van der Waals surface area (Å²) in [4.78, 5) is 32.5. The molecule has 1 aliphatic rings. The van der Waals surface area contributed by atoms with E-state index in [1.165, 1.54) is 24.2 Å². The molecule has 2 heterocycles. The zero-order valence-corrected chi connectivity index (χ0v) is 19.5. The van der Waals surface area contributed by atoms with Crippen LogP contribution in [0.2, 0.25) is 0 Å². The van der Waals surface area contributed by atoms with Crippen LogP contribution >= 0.6 is 0 Å². The standard InChI is InChI=1S/C25H34N4O4/c1-3-33-22(24(30)31)18-19-10-12-20(13-11-19)21-8-7-9-23(27-21)28(2)25(32)26-14-17-29-15-5-4-6-16-29/h7-13,22H,3-6,14-18H2,1-2H3,(H,26,32)(H,30,31)/t22-/m0/s1. The number of hydrogen-bond donors (Lipinski definition) is 2.